The summed E-state index contributed by atoms with van der Waals surface area (Å²) < 4.78 is 53.8. The Bertz CT molecular complexity index is 1270. The molecule has 0 saturated carbocycles. The fourth-order valence-electron chi connectivity index (χ4n) is 4.40. The van der Waals surface area contributed by atoms with Gasteiger partial charge >= 0.3 is 6.18 Å². The zero-order valence-electron chi connectivity index (χ0n) is 20.2. The molecule has 0 radical (unpaired) electrons. The molecule has 12 heteroatoms. The average Bonchev–Trinajstić information content (AvgIpc) is 3.13. The lowest BCUT2D eigenvalue weighted by molar-refractivity contribution is -0.138. The lowest BCUT2D eigenvalue weighted by Gasteiger charge is -2.29. The molecular weight excluding hydrogens is 544 g/mol. The molecule has 2 N–H and O–H groups in total. The topological polar surface area (TPSA) is 76.5 Å². The summed E-state index contributed by atoms with van der Waals surface area (Å²) in [5.41, 5.74) is 0.541. The normalized spacial score (nSPS) is 19.9. The van der Waals surface area contributed by atoms with Gasteiger partial charge in [0, 0.05) is 48.7 Å². The summed E-state index contributed by atoms with van der Waals surface area (Å²) in [7, 11) is 0. The van der Waals surface area contributed by atoms with E-state index in [1.807, 2.05) is 4.90 Å². The Morgan fingerprint density at radius 1 is 1.16 bits per heavy atom. The quantitative estimate of drug-likeness (QED) is 0.218. The summed E-state index contributed by atoms with van der Waals surface area (Å²) in [6, 6.07) is 8.40. The lowest BCUT2D eigenvalue weighted by atomic mass is 10.1. The predicted molar refractivity (Wildman–Crippen MR) is 141 cm³/mol. The molecule has 2 aliphatic rings. The molecule has 0 bridgehead atoms. The molecule has 2 amide bonds. The van der Waals surface area contributed by atoms with Crippen molar-refractivity contribution in [1.29, 1.82) is 5.41 Å². The second kappa shape index (κ2) is 11.9. The largest absolute Gasteiger partial charge is 0.416 e. The molecule has 2 aromatic carbocycles. The highest BCUT2D eigenvalue weighted by molar-refractivity contribution is 8.18. The Kier molecular flexibility index (Phi) is 8.79. The van der Waals surface area contributed by atoms with Gasteiger partial charge in [-0.05, 0) is 72.6 Å². The number of alkyl halides is 4. The van der Waals surface area contributed by atoms with Crippen LogP contribution in [-0.2, 0) is 17.5 Å². The van der Waals surface area contributed by atoms with E-state index in [0.717, 1.165) is 41.9 Å². The van der Waals surface area contributed by atoms with Gasteiger partial charge in [0.05, 0.1) is 10.5 Å². The maximum atomic E-state index is 13.6. The van der Waals surface area contributed by atoms with Crippen molar-refractivity contribution in [3.05, 3.63) is 68.6 Å². The first-order valence-corrected chi connectivity index (χ1v) is 13.1. The van der Waals surface area contributed by atoms with E-state index < -0.39 is 29.1 Å². The Labute approximate surface area is 226 Å². The summed E-state index contributed by atoms with van der Waals surface area (Å²) >= 11 is 6.55. The third-order valence-electron chi connectivity index (χ3n) is 6.34. The number of likely N-dealkylation sites (tertiary alicyclic amines) is 1. The number of benzene rings is 2. The number of amides is 2. The fraction of sp³-hybridized carbons (Fsp3) is 0.346. The molecule has 202 valence electrons. The first-order valence-electron chi connectivity index (χ1n) is 11.9. The smallest absolute Gasteiger partial charge is 0.380 e. The second-order valence-electron chi connectivity index (χ2n) is 9.02. The van der Waals surface area contributed by atoms with Gasteiger partial charge in [-0.2, -0.15) is 13.2 Å². The zero-order valence-corrected chi connectivity index (χ0v) is 21.7. The van der Waals surface area contributed by atoms with Crippen LogP contribution in [0.4, 0.5) is 28.0 Å². The number of rotatable bonds is 8. The maximum absolute atomic E-state index is 13.6. The molecule has 1 unspecified atom stereocenters. The Balaban J connectivity index is 1.44. The summed E-state index contributed by atoms with van der Waals surface area (Å²) in [5, 5.41) is 10.2. The van der Waals surface area contributed by atoms with Crippen molar-refractivity contribution in [2.75, 3.05) is 31.5 Å². The zero-order chi connectivity index (χ0) is 27.4. The SMILES string of the molecule is N=Cc1cc(/C=C2\SC(=O)N(CCN3CCCC(F)C3)C2=O)ccc1NCc1ccc(Cl)cc1C(F)(F)F. The van der Waals surface area contributed by atoms with E-state index in [0.29, 0.717) is 36.3 Å². The number of piperidine rings is 1. The standard InChI is InChI=1S/C26H25ClF4N4O2S/c27-19-5-4-17(21(12-19)26(29,30)31)14-33-22-6-3-16(10-18(22)13-32)11-23-24(36)35(25(37)38-23)9-8-34-7-1-2-20(28)15-34/h3-6,10-13,20,32-33H,1-2,7-9,14-15H2/b23-11-,32-13?. The van der Waals surface area contributed by atoms with Gasteiger partial charge < -0.3 is 10.7 Å². The van der Waals surface area contributed by atoms with Crippen LogP contribution in [0, 0.1) is 5.41 Å². The van der Waals surface area contributed by atoms with Crippen LogP contribution >= 0.6 is 23.4 Å². The third kappa shape index (κ3) is 6.75. The number of hydrogen-bond donors (Lipinski definition) is 2. The van der Waals surface area contributed by atoms with Crippen molar-refractivity contribution in [2.24, 2.45) is 0 Å². The van der Waals surface area contributed by atoms with E-state index in [2.05, 4.69) is 5.32 Å². The highest BCUT2D eigenvalue weighted by Gasteiger charge is 2.35. The van der Waals surface area contributed by atoms with E-state index in [4.69, 9.17) is 17.0 Å². The molecule has 2 aromatic rings. The summed E-state index contributed by atoms with van der Waals surface area (Å²) in [6.45, 7) is 1.47. The van der Waals surface area contributed by atoms with Gasteiger partial charge in [-0.1, -0.05) is 23.7 Å². The van der Waals surface area contributed by atoms with Crippen molar-refractivity contribution in [3.63, 3.8) is 0 Å². The number of imide groups is 1. The number of hydrogen-bond acceptors (Lipinski definition) is 6. The third-order valence-corrected chi connectivity index (χ3v) is 7.48. The maximum Gasteiger partial charge on any atom is 0.416 e. The van der Waals surface area contributed by atoms with Gasteiger partial charge in [0.1, 0.15) is 6.17 Å². The number of anilines is 1. The molecule has 1 atom stereocenters. The van der Waals surface area contributed by atoms with Crippen molar-refractivity contribution >= 4 is 52.5 Å². The van der Waals surface area contributed by atoms with Crippen LogP contribution in [0.3, 0.4) is 0 Å². The molecule has 4 rings (SSSR count). The van der Waals surface area contributed by atoms with Crippen LogP contribution < -0.4 is 5.32 Å². The van der Waals surface area contributed by atoms with Gasteiger partial charge in [0.2, 0.25) is 0 Å². The molecule has 2 saturated heterocycles. The molecule has 2 fully saturated rings. The van der Waals surface area contributed by atoms with Crippen molar-refractivity contribution < 1.29 is 27.2 Å². The van der Waals surface area contributed by atoms with Gasteiger partial charge in [0.25, 0.3) is 11.1 Å². The summed E-state index contributed by atoms with van der Waals surface area (Å²) in [5.74, 6) is -0.435. The molecule has 2 heterocycles. The van der Waals surface area contributed by atoms with Crippen LogP contribution in [0.15, 0.2) is 41.3 Å². The van der Waals surface area contributed by atoms with E-state index in [-0.39, 0.29) is 28.6 Å². The molecule has 0 spiro atoms. The molecule has 0 aromatic heterocycles. The average molecular weight is 569 g/mol. The Morgan fingerprint density at radius 2 is 1.95 bits per heavy atom. The molecular formula is C26H25ClF4N4O2S. The molecule has 2 aliphatic heterocycles. The number of nitrogens with one attached hydrogen (secondary N) is 2. The molecule has 38 heavy (non-hydrogen) atoms. The van der Waals surface area contributed by atoms with Crippen molar-refractivity contribution in [2.45, 2.75) is 31.7 Å². The van der Waals surface area contributed by atoms with Gasteiger partial charge in [-0.25, -0.2) is 4.39 Å². The minimum absolute atomic E-state index is 0.00201. The number of halogens is 5. The highest BCUT2D eigenvalue weighted by atomic mass is 35.5. The van der Waals surface area contributed by atoms with Gasteiger partial charge in [0.15, 0.2) is 0 Å². The first-order chi connectivity index (χ1) is 18.0. The lowest BCUT2D eigenvalue weighted by Crippen LogP contribution is -2.42. The van der Waals surface area contributed by atoms with Crippen LogP contribution in [0.1, 0.15) is 35.1 Å². The number of carbonyl (C=O) groups is 2. The van der Waals surface area contributed by atoms with Gasteiger partial charge in [-0.15, -0.1) is 0 Å². The number of thioether (sulfide) groups is 1. The number of nitrogens with zero attached hydrogens (tertiary/aromatic N) is 2. The fourth-order valence-corrected chi connectivity index (χ4v) is 5.43. The Morgan fingerprint density at radius 3 is 2.66 bits per heavy atom. The highest BCUT2D eigenvalue weighted by Crippen LogP contribution is 2.35. The van der Waals surface area contributed by atoms with Crippen molar-refractivity contribution in [1.82, 2.24) is 9.80 Å². The summed E-state index contributed by atoms with van der Waals surface area (Å²) in [4.78, 5) is 28.6. The molecule has 6 nitrogen and oxygen atoms in total. The van der Waals surface area contributed by atoms with E-state index in [1.165, 1.54) is 12.1 Å². The second-order valence-corrected chi connectivity index (χ2v) is 10.4. The number of carbonyl (C=O) groups excluding carboxylic acids is 2. The monoisotopic (exact) mass is 568 g/mol. The van der Waals surface area contributed by atoms with Crippen molar-refractivity contribution in [3.8, 4) is 0 Å². The predicted octanol–water partition coefficient (Wildman–Crippen LogP) is 6.44. The van der Waals surface area contributed by atoms with Crippen LogP contribution in [0.2, 0.25) is 5.02 Å². The van der Waals surface area contributed by atoms with Crippen LogP contribution in [0.25, 0.3) is 6.08 Å². The van der Waals surface area contributed by atoms with E-state index in [1.54, 1.807) is 24.3 Å². The van der Waals surface area contributed by atoms with Crippen LogP contribution in [0.5, 0.6) is 0 Å². The minimum Gasteiger partial charge on any atom is -0.380 e. The van der Waals surface area contributed by atoms with Gasteiger partial charge in [-0.3, -0.25) is 19.4 Å². The summed E-state index contributed by atoms with van der Waals surface area (Å²) in [6.07, 6.45) is -1.59. The van der Waals surface area contributed by atoms with Crippen LogP contribution in [-0.4, -0.2) is 59.5 Å². The Hall–Kier alpha value is -2.89. The molecule has 0 aliphatic carbocycles. The van der Waals surface area contributed by atoms with E-state index >= 15 is 0 Å². The first kappa shape index (κ1) is 28.1. The van der Waals surface area contributed by atoms with E-state index in [9.17, 15) is 27.2 Å². The minimum atomic E-state index is -4.57.